The van der Waals surface area contributed by atoms with Crippen LogP contribution in [-0.4, -0.2) is 35.0 Å². The Morgan fingerprint density at radius 2 is 1.67 bits per heavy atom. The van der Waals surface area contributed by atoms with Gasteiger partial charge in [-0.05, 0) is 55.3 Å². The fourth-order valence-corrected chi connectivity index (χ4v) is 6.63. The summed E-state index contributed by atoms with van der Waals surface area (Å²) in [5.74, 6) is -1.13. The monoisotopic (exact) mass is 625 g/mol. The number of carbonyl (C=O) groups is 2. The average molecular weight is 626 g/mol. The SMILES string of the molecule is CCCC(=O)Nc1ccc(-c2sc3c(c2CN(C)Cc2ccccc2)c(=O)c(C(=O)OCC)cn3Cc2ccccc2F)cc1. The maximum absolute atomic E-state index is 14.8. The number of anilines is 1. The van der Waals surface area contributed by atoms with Crippen LogP contribution in [0.5, 0.6) is 0 Å². The number of pyridine rings is 1. The van der Waals surface area contributed by atoms with E-state index in [0.29, 0.717) is 41.0 Å². The zero-order valence-corrected chi connectivity index (χ0v) is 26.5. The first-order chi connectivity index (χ1) is 21.8. The van der Waals surface area contributed by atoms with Crippen molar-refractivity contribution < 1.29 is 18.7 Å². The molecule has 9 heteroatoms. The lowest BCUT2D eigenvalue weighted by Gasteiger charge is -2.18. The fraction of sp³-hybridized carbons (Fsp3) is 0.250. The van der Waals surface area contributed by atoms with Crippen LogP contribution in [0.3, 0.4) is 0 Å². The normalized spacial score (nSPS) is 11.2. The number of ether oxygens (including phenoxy) is 1. The van der Waals surface area contributed by atoms with Gasteiger partial charge in [-0.2, -0.15) is 0 Å². The number of halogens is 1. The van der Waals surface area contributed by atoms with E-state index in [0.717, 1.165) is 28.0 Å². The van der Waals surface area contributed by atoms with Gasteiger partial charge in [-0.3, -0.25) is 14.5 Å². The first-order valence-corrected chi connectivity index (χ1v) is 15.8. The summed E-state index contributed by atoms with van der Waals surface area (Å²) in [6, 6.07) is 24.1. The van der Waals surface area contributed by atoms with E-state index in [9.17, 15) is 18.8 Å². The van der Waals surface area contributed by atoms with Gasteiger partial charge >= 0.3 is 5.97 Å². The minimum Gasteiger partial charge on any atom is -0.462 e. The van der Waals surface area contributed by atoms with Crippen LogP contribution in [0, 0.1) is 5.82 Å². The van der Waals surface area contributed by atoms with Crippen molar-refractivity contribution in [3.05, 3.63) is 123 Å². The highest BCUT2D eigenvalue weighted by molar-refractivity contribution is 7.22. The van der Waals surface area contributed by atoms with E-state index < -0.39 is 11.4 Å². The van der Waals surface area contributed by atoms with Crippen molar-refractivity contribution in [1.29, 1.82) is 0 Å². The van der Waals surface area contributed by atoms with Crippen LogP contribution in [0.25, 0.3) is 20.7 Å². The van der Waals surface area contributed by atoms with Crippen LogP contribution in [0.4, 0.5) is 10.1 Å². The summed E-state index contributed by atoms with van der Waals surface area (Å²) in [6.07, 6.45) is 2.68. The number of amides is 1. The second-order valence-corrected chi connectivity index (χ2v) is 11.9. The Bertz CT molecular complexity index is 1870. The van der Waals surface area contributed by atoms with Gasteiger partial charge in [0.2, 0.25) is 11.3 Å². The number of fused-ring (bicyclic) bond motifs is 1. The summed E-state index contributed by atoms with van der Waals surface area (Å²) in [6.45, 7) is 4.94. The van der Waals surface area contributed by atoms with E-state index in [1.807, 2.05) is 56.4 Å². The molecule has 3 aromatic carbocycles. The predicted octanol–water partition coefficient (Wildman–Crippen LogP) is 7.46. The van der Waals surface area contributed by atoms with E-state index in [2.05, 4.69) is 22.3 Å². The highest BCUT2D eigenvalue weighted by Gasteiger charge is 2.25. The molecule has 0 aliphatic rings. The Kier molecular flexibility index (Phi) is 10.2. The molecule has 0 aliphatic carbocycles. The van der Waals surface area contributed by atoms with Crippen LogP contribution in [0.2, 0.25) is 0 Å². The molecule has 0 fully saturated rings. The maximum Gasteiger partial charge on any atom is 0.343 e. The molecular formula is C36H36FN3O4S. The van der Waals surface area contributed by atoms with Crippen LogP contribution in [-0.2, 0) is 29.2 Å². The van der Waals surface area contributed by atoms with Gasteiger partial charge in [-0.1, -0.05) is 67.6 Å². The number of carbonyl (C=O) groups excluding carboxylic acids is 2. The molecule has 2 heterocycles. The fourth-order valence-electron chi connectivity index (χ4n) is 5.34. The topological polar surface area (TPSA) is 80.6 Å². The van der Waals surface area contributed by atoms with Crippen molar-refractivity contribution in [2.24, 2.45) is 0 Å². The van der Waals surface area contributed by atoms with Gasteiger partial charge in [-0.15, -0.1) is 11.3 Å². The van der Waals surface area contributed by atoms with Crippen LogP contribution < -0.4 is 10.7 Å². The zero-order chi connectivity index (χ0) is 31.9. The van der Waals surface area contributed by atoms with Crippen molar-refractivity contribution in [3.8, 4) is 10.4 Å². The van der Waals surface area contributed by atoms with Crippen molar-refractivity contribution in [2.75, 3.05) is 19.0 Å². The van der Waals surface area contributed by atoms with Gasteiger partial charge in [0, 0.05) is 41.8 Å². The molecule has 0 bridgehead atoms. The second-order valence-electron chi connectivity index (χ2n) is 10.9. The molecule has 1 N–H and O–H groups in total. The summed E-state index contributed by atoms with van der Waals surface area (Å²) < 4.78 is 21.9. The van der Waals surface area contributed by atoms with E-state index in [-0.39, 0.29) is 30.4 Å². The number of rotatable bonds is 12. The molecule has 0 spiro atoms. The third-order valence-corrected chi connectivity index (χ3v) is 8.75. The van der Waals surface area contributed by atoms with Gasteiger partial charge in [0.1, 0.15) is 16.2 Å². The molecule has 0 saturated carbocycles. The Labute approximate surface area is 265 Å². The standard InChI is InChI=1S/C36H36FN3O4S/c1-4-11-31(41)38-27-18-16-25(17-19-27)34-28(22-39(3)20-24-12-7-6-8-13-24)32-33(42)29(36(43)44-5-2)23-40(35(32)45-34)21-26-14-9-10-15-30(26)37/h6-10,12-19,23H,4-5,11,20-22H2,1-3H3,(H,38,41). The molecule has 1 amide bonds. The lowest BCUT2D eigenvalue weighted by molar-refractivity contribution is -0.116. The first kappa shape index (κ1) is 31.8. The van der Waals surface area contributed by atoms with Gasteiger partial charge in [-0.25, -0.2) is 9.18 Å². The minimum absolute atomic E-state index is 0.0491. The zero-order valence-electron chi connectivity index (χ0n) is 25.6. The Balaban J connectivity index is 1.68. The second kappa shape index (κ2) is 14.5. The Morgan fingerprint density at radius 3 is 2.36 bits per heavy atom. The van der Waals surface area contributed by atoms with E-state index in [4.69, 9.17) is 4.74 Å². The molecule has 232 valence electrons. The van der Waals surface area contributed by atoms with E-state index in [1.165, 1.54) is 23.6 Å². The summed E-state index contributed by atoms with van der Waals surface area (Å²) >= 11 is 1.43. The Morgan fingerprint density at radius 1 is 0.956 bits per heavy atom. The van der Waals surface area contributed by atoms with Crippen molar-refractivity contribution in [2.45, 2.75) is 46.3 Å². The number of esters is 1. The average Bonchev–Trinajstić information content (AvgIpc) is 3.40. The van der Waals surface area contributed by atoms with Gasteiger partial charge in [0.05, 0.1) is 18.5 Å². The molecule has 0 saturated heterocycles. The molecular weight excluding hydrogens is 589 g/mol. The molecule has 5 rings (SSSR count). The lowest BCUT2D eigenvalue weighted by atomic mass is 10.0. The Hall–Kier alpha value is -4.60. The molecule has 0 aliphatic heterocycles. The number of hydrogen-bond acceptors (Lipinski definition) is 6. The van der Waals surface area contributed by atoms with Crippen LogP contribution in [0.15, 0.2) is 89.9 Å². The van der Waals surface area contributed by atoms with Crippen molar-refractivity contribution >= 4 is 39.1 Å². The molecule has 0 atom stereocenters. The summed E-state index contributed by atoms with van der Waals surface area (Å²) in [7, 11) is 1.99. The van der Waals surface area contributed by atoms with Gasteiger partial charge in [0.15, 0.2) is 0 Å². The summed E-state index contributed by atoms with van der Waals surface area (Å²) in [5, 5.41) is 3.33. The van der Waals surface area contributed by atoms with Crippen molar-refractivity contribution in [1.82, 2.24) is 9.47 Å². The van der Waals surface area contributed by atoms with E-state index >= 15 is 0 Å². The summed E-state index contributed by atoms with van der Waals surface area (Å²) in [5.41, 5.74) is 3.37. The number of aromatic nitrogens is 1. The van der Waals surface area contributed by atoms with E-state index in [1.54, 1.807) is 29.7 Å². The molecule has 7 nitrogen and oxygen atoms in total. The number of thiophene rings is 1. The molecule has 45 heavy (non-hydrogen) atoms. The molecule has 0 radical (unpaired) electrons. The van der Waals surface area contributed by atoms with Gasteiger partial charge < -0.3 is 14.6 Å². The quantitative estimate of drug-likeness (QED) is 0.146. The predicted molar refractivity (Wildman–Crippen MR) is 178 cm³/mol. The number of nitrogens with zero attached hydrogens (tertiary/aromatic N) is 2. The lowest BCUT2D eigenvalue weighted by Crippen LogP contribution is -2.23. The third-order valence-electron chi connectivity index (χ3n) is 7.43. The molecule has 0 unspecified atom stereocenters. The number of nitrogens with one attached hydrogen (secondary N) is 1. The smallest absolute Gasteiger partial charge is 0.343 e. The van der Waals surface area contributed by atoms with Crippen molar-refractivity contribution in [3.63, 3.8) is 0 Å². The maximum atomic E-state index is 14.8. The first-order valence-electron chi connectivity index (χ1n) is 15.0. The summed E-state index contributed by atoms with van der Waals surface area (Å²) in [4.78, 5) is 43.0. The minimum atomic E-state index is -0.713. The van der Waals surface area contributed by atoms with Crippen LogP contribution in [0.1, 0.15) is 53.7 Å². The highest BCUT2D eigenvalue weighted by Crippen LogP contribution is 2.39. The third kappa shape index (κ3) is 7.38. The largest absolute Gasteiger partial charge is 0.462 e. The molecule has 5 aromatic rings. The number of benzene rings is 3. The highest BCUT2D eigenvalue weighted by atomic mass is 32.1. The number of hydrogen-bond donors (Lipinski definition) is 1. The van der Waals surface area contributed by atoms with Crippen LogP contribution >= 0.6 is 11.3 Å². The van der Waals surface area contributed by atoms with Gasteiger partial charge in [0.25, 0.3) is 0 Å². The molecule has 2 aromatic heterocycles.